The molecule has 4 aromatic rings. The Kier molecular flexibility index (Phi) is 7.83. The van der Waals surface area contributed by atoms with Crippen molar-refractivity contribution in [1.82, 2.24) is 15.1 Å². The highest BCUT2D eigenvalue weighted by Gasteiger charge is 2.26. The summed E-state index contributed by atoms with van der Waals surface area (Å²) in [4.78, 5) is 17.5. The van der Waals surface area contributed by atoms with E-state index >= 15 is 0 Å². The Hall–Kier alpha value is -4.39. The number of carbonyl (C=O) groups excluding carboxylic acids is 1. The number of rotatable bonds is 8. The number of aromatic nitrogens is 2. The molecule has 0 saturated carbocycles. The minimum absolute atomic E-state index is 0.0370. The summed E-state index contributed by atoms with van der Waals surface area (Å²) in [5.74, 6) is 2.46. The Balaban J connectivity index is 1.23. The van der Waals surface area contributed by atoms with Gasteiger partial charge in [0.25, 0.3) is 0 Å². The highest BCUT2D eigenvalue weighted by atomic mass is 16.5. The van der Waals surface area contributed by atoms with E-state index in [-0.39, 0.29) is 11.8 Å². The fourth-order valence-corrected chi connectivity index (χ4v) is 4.94. The van der Waals surface area contributed by atoms with E-state index in [4.69, 9.17) is 9.47 Å². The first-order chi connectivity index (χ1) is 18.7. The van der Waals surface area contributed by atoms with Crippen molar-refractivity contribution in [2.75, 3.05) is 45.3 Å². The third-order valence-electron chi connectivity index (χ3n) is 7.07. The van der Waals surface area contributed by atoms with Gasteiger partial charge in [-0.1, -0.05) is 60.7 Å². The topological polar surface area (TPSA) is 67.8 Å². The van der Waals surface area contributed by atoms with E-state index in [9.17, 15) is 4.79 Å². The number of piperazine rings is 1. The first-order valence-corrected chi connectivity index (χ1v) is 12.8. The number of hydrogen-bond acceptors (Lipinski definition) is 6. The number of methoxy groups -OCH3 is 2. The lowest BCUT2D eigenvalue weighted by Gasteiger charge is -2.36. The lowest BCUT2D eigenvalue weighted by molar-refractivity contribution is -0.131. The maximum atomic E-state index is 13.4. The summed E-state index contributed by atoms with van der Waals surface area (Å²) in [6.07, 6.45) is 0.449. The third kappa shape index (κ3) is 5.62. The van der Waals surface area contributed by atoms with Gasteiger partial charge in [0, 0.05) is 44.1 Å². The van der Waals surface area contributed by atoms with Crippen LogP contribution in [0.25, 0.3) is 11.3 Å². The average Bonchev–Trinajstić information content (AvgIpc) is 3.00. The highest BCUT2D eigenvalue weighted by molar-refractivity contribution is 5.78. The van der Waals surface area contributed by atoms with Crippen LogP contribution < -0.4 is 14.4 Å². The quantitative estimate of drug-likeness (QED) is 0.333. The van der Waals surface area contributed by atoms with Crippen LogP contribution in [0.2, 0.25) is 0 Å². The Bertz CT molecular complexity index is 1300. The van der Waals surface area contributed by atoms with Gasteiger partial charge in [-0.3, -0.25) is 4.79 Å². The molecule has 0 spiro atoms. The second-order valence-electron chi connectivity index (χ2n) is 9.29. The predicted molar refractivity (Wildman–Crippen MR) is 149 cm³/mol. The number of hydrogen-bond donors (Lipinski definition) is 0. The predicted octanol–water partition coefficient (Wildman–Crippen LogP) is 5.03. The first-order valence-electron chi connectivity index (χ1n) is 12.8. The summed E-state index contributed by atoms with van der Waals surface area (Å²) >= 11 is 0. The molecule has 5 rings (SSSR count). The second kappa shape index (κ2) is 11.8. The van der Waals surface area contributed by atoms with Gasteiger partial charge in [0.1, 0.15) is 11.5 Å². The highest BCUT2D eigenvalue weighted by Crippen LogP contribution is 2.33. The van der Waals surface area contributed by atoms with E-state index in [0.29, 0.717) is 44.0 Å². The van der Waals surface area contributed by atoms with E-state index < -0.39 is 0 Å². The molecule has 0 unspecified atom stereocenters. The number of carbonyl (C=O) groups is 1. The smallest absolute Gasteiger partial charge is 0.223 e. The van der Waals surface area contributed by atoms with Gasteiger partial charge in [0.15, 0.2) is 5.82 Å². The summed E-state index contributed by atoms with van der Waals surface area (Å²) in [5.41, 5.74) is 3.86. The van der Waals surface area contributed by atoms with E-state index in [1.54, 1.807) is 14.2 Å². The molecule has 7 heteroatoms. The number of amides is 1. The molecule has 2 heterocycles. The maximum absolute atomic E-state index is 13.4. The van der Waals surface area contributed by atoms with E-state index in [1.165, 1.54) is 0 Å². The van der Waals surface area contributed by atoms with Gasteiger partial charge < -0.3 is 19.3 Å². The summed E-state index contributed by atoms with van der Waals surface area (Å²) in [7, 11) is 3.27. The van der Waals surface area contributed by atoms with E-state index in [0.717, 1.165) is 28.3 Å². The van der Waals surface area contributed by atoms with Crippen LogP contribution in [0.3, 0.4) is 0 Å². The molecule has 194 valence electrons. The number of ether oxygens (including phenoxy) is 2. The van der Waals surface area contributed by atoms with E-state index in [1.807, 2.05) is 71.6 Å². The lowest BCUT2D eigenvalue weighted by atomic mass is 9.88. The van der Waals surface area contributed by atoms with E-state index in [2.05, 4.69) is 39.4 Å². The molecule has 0 atom stereocenters. The number of nitrogens with zero attached hydrogens (tertiary/aromatic N) is 4. The molecule has 38 heavy (non-hydrogen) atoms. The van der Waals surface area contributed by atoms with Crippen LogP contribution in [-0.2, 0) is 4.79 Å². The fourth-order valence-electron chi connectivity index (χ4n) is 4.94. The molecule has 1 amide bonds. The summed E-state index contributed by atoms with van der Waals surface area (Å²) < 4.78 is 10.8. The fraction of sp³-hybridized carbons (Fsp3) is 0.258. The minimum atomic E-state index is 0.0370. The molecule has 1 aliphatic heterocycles. The molecule has 1 saturated heterocycles. The Labute approximate surface area is 223 Å². The molecule has 1 aromatic heterocycles. The number of benzene rings is 3. The van der Waals surface area contributed by atoms with Crippen molar-refractivity contribution in [1.29, 1.82) is 0 Å². The van der Waals surface area contributed by atoms with Crippen molar-refractivity contribution in [3.05, 3.63) is 102 Å². The zero-order valence-corrected chi connectivity index (χ0v) is 21.8. The molecule has 3 aromatic carbocycles. The van der Waals surface area contributed by atoms with Gasteiger partial charge in [-0.25, -0.2) is 0 Å². The van der Waals surface area contributed by atoms with Crippen molar-refractivity contribution in [2.24, 2.45) is 0 Å². The molecule has 0 N–H and O–H groups in total. The van der Waals surface area contributed by atoms with Crippen molar-refractivity contribution < 1.29 is 14.3 Å². The average molecular weight is 509 g/mol. The molecule has 1 aliphatic rings. The molecular weight excluding hydrogens is 476 g/mol. The zero-order valence-electron chi connectivity index (χ0n) is 21.8. The largest absolute Gasteiger partial charge is 0.497 e. The van der Waals surface area contributed by atoms with Crippen LogP contribution in [0.1, 0.15) is 23.5 Å². The Morgan fingerprint density at radius 2 is 1.45 bits per heavy atom. The second-order valence-corrected chi connectivity index (χ2v) is 9.29. The molecule has 7 nitrogen and oxygen atoms in total. The van der Waals surface area contributed by atoms with Gasteiger partial charge in [-0.2, -0.15) is 0 Å². The molecule has 1 fully saturated rings. The SMILES string of the molecule is COc1ccc(OC)c(-c2ccc(N3CCN(C(=O)CC(c4ccccc4)c4ccccc4)CC3)nn2)c1. The molecule has 0 aliphatic carbocycles. The number of anilines is 1. The lowest BCUT2D eigenvalue weighted by Crippen LogP contribution is -2.49. The minimum Gasteiger partial charge on any atom is -0.497 e. The normalized spacial score (nSPS) is 13.4. The van der Waals surface area contributed by atoms with Crippen molar-refractivity contribution >= 4 is 11.7 Å². The van der Waals surface area contributed by atoms with Gasteiger partial charge in [-0.15, -0.1) is 10.2 Å². The monoisotopic (exact) mass is 508 g/mol. The van der Waals surface area contributed by atoms with Gasteiger partial charge >= 0.3 is 0 Å². The van der Waals surface area contributed by atoms with Crippen molar-refractivity contribution in [3.8, 4) is 22.8 Å². The molecule has 0 radical (unpaired) electrons. The maximum Gasteiger partial charge on any atom is 0.223 e. The summed E-state index contributed by atoms with van der Waals surface area (Å²) in [6.45, 7) is 2.73. The Morgan fingerprint density at radius 3 is 2.00 bits per heavy atom. The van der Waals surface area contributed by atoms with Crippen molar-refractivity contribution in [2.45, 2.75) is 12.3 Å². The van der Waals surface area contributed by atoms with Gasteiger partial charge in [-0.05, 0) is 41.5 Å². The van der Waals surface area contributed by atoms with Crippen LogP contribution in [0.15, 0.2) is 91.0 Å². The first kappa shape index (κ1) is 25.3. The third-order valence-corrected chi connectivity index (χ3v) is 7.07. The van der Waals surface area contributed by atoms with Crippen molar-refractivity contribution in [3.63, 3.8) is 0 Å². The molecule has 0 bridgehead atoms. The summed E-state index contributed by atoms with van der Waals surface area (Å²) in [5, 5.41) is 8.94. The zero-order chi connectivity index (χ0) is 26.3. The van der Waals surface area contributed by atoms with Gasteiger partial charge in [0.2, 0.25) is 5.91 Å². The molecular formula is C31H32N4O3. The Morgan fingerprint density at radius 1 is 0.789 bits per heavy atom. The van der Waals surface area contributed by atoms with Crippen LogP contribution in [-0.4, -0.2) is 61.4 Å². The summed E-state index contributed by atoms with van der Waals surface area (Å²) in [6, 6.07) is 30.1. The van der Waals surface area contributed by atoms with Crippen LogP contribution in [0, 0.1) is 0 Å². The van der Waals surface area contributed by atoms with Crippen LogP contribution in [0.4, 0.5) is 5.82 Å². The van der Waals surface area contributed by atoms with Crippen LogP contribution >= 0.6 is 0 Å². The standard InChI is InChI=1S/C31H32N4O3/c1-37-25-13-15-29(38-2)27(21-25)28-14-16-30(33-32-28)34-17-19-35(20-18-34)31(36)22-26(23-9-5-3-6-10-23)24-11-7-4-8-12-24/h3-16,21,26H,17-20,22H2,1-2H3. The van der Waals surface area contributed by atoms with Crippen LogP contribution in [0.5, 0.6) is 11.5 Å². The van der Waals surface area contributed by atoms with Gasteiger partial charge in [0.05, 0.1) is 19.9 Å².